The largest absolute Gasteiger partial charge is 0.475 e. The van der Waals surface area contributed by atoms with Crippen molar-refractivity contribution in [2.45, 2.75) is 56.1 Å². The van der Waals surface area contributed by atoms with Crippen molar-refractivity contribution in [3.8, 4) is 0 Å². The van der Waals surface area contributed by atoms with Crippen LogP contribution >= 0.6 is 0 Å². The zero-order valence-electron chi connectivity index (χ0n) is 15.3. The maximum absolute atomic E-state index is 11.3. The smallest absolute Gasteiger partial charge is 0.397 e. The first kappa shape index (κ1) is 24.4. The topological polar surface area (TPSA) is 239 Å². The van der Waals surface area contributed by atoms with Crippen molar-refractivity contribution in [1.82, 2.24) is 5.32 Å². The van der Waals surface area contributed by atoms with Gasteiger partial charge >= 0.3 is 16.4 Å². The van der Waals surface area contributed by atoms with Crippen molar-refractivity contribution in [1.29, 1.82) is 0 Å². The molecule has 0 bridgehead atoms. The number of carboxylic acid groups (broad SMARTS) is 1. The number of hydrogen-bond acceptors (Lipinski definition) is 12. The van der Waals surface area contributed by atoms with E-state index < -0.39 is 83.8 Å². The van der Waals surface area contributed by atoms with Gasteiger partial charge < -0.3 is 45.1 Å². The summed E-state index contributed by atoms with van der Waals surface area (Å²) in [5, 5.41) is 51.5. The fraction of sp³-hybridized carbons (Fsp3) is 0.714. The maximum Gasteiger partial charge on any atom is 0.397 e. The normalized spacial score (nSPS) is 37.1. The second-order valence-corrected chi connectivity index (χ2v) is 7.49. The zero-order valence-corrected chi connectivity index (χ0v) is 16.1. The summed E-state index contributed by atoms with van der Waals surface area (Å²) in [4.78, 5) is 22.4. The molecule has 7 N–H and O–H groups in total. The lowest BCUT2D eigenvalue weighted by Gasteiger charge is -2.44. The Morgan fingerprint density at radius 1 is 1.20 bits per heavy atom. The molecule has 15 nitrogen and oxygen atoms in total. The molecule has 0 aromatic rings. The number of aliphatic carboxylic acids is 1. The summed E-state index contributed by atoms with van der Waals surface area (Å²) < 4.78 is 49.9. The molecule has 0 spiro atoms. The summed E-state index contributed by atoms with van der Waals surface area (Å²) in [5.41, 5.74) is 0. The molecular weight excluding hydrogens is 438 g/mol. The second kappa shape index (κ2) is 9.50. The Labute approximate surface area is 169 Å². The van der Waals surface area contributed by atoms with Gasteiger partial charge in [-0.2, -0.15) is 8.42 Å². The first-order valence-corrected chi connectivity index (χ1v) is 9.70. The Morgan fingerprint density at radius 2 is 1.83 bits per heavy atom. The Bertz CT molecular complexity index is 784. The number of carbonyl (C=O) groups is 2. The van der Waals surface area contributed by atoms with E-state index in [0.29, 0.717) is 6.08 Å². The minimum atomic E-state index is -4.96. The van der Waals surface area contributed by atoms with Crippen LogP contribution in [0, 0.1) is 0 Å². The molecule has 0 aromatic carbocycles. The van der Waals surface area contributed by atoms with Crippen molar-refractivity contribution in [3.63, 3.8) is 0 Å². The van der Waals surface area contributed by atoms with Crippen LogP contribution in [0.1, 0.15) is 6.92 Å². The minimum Gasteiger partial charge on any atom is -0.475 e. The summed E-state index contributed by atoms with van der Waals surface area (Å²) in [5.74, 6) is -3.07. The van der Waals surface area contributed by atoms with Crippen molar-refractivity contribution in [2.24, 2.45) is 0 Å². The van der Waals surface area contributed by atoms with E-state index in [-0.39, 0.29) is 0 Å². The van der Waals surface area contributed by atoms with Crippen molar-refractivity contribution >= 4 is 22.3 Å². The molecule has 16 heteroatoms. The van der Waals surface area contributed by atoms with Crippen molar-refractivity contribution < 1.29 is 66.5 Å². The third-order valence-electron chi connectivity index (χ3n) is 4.14. The van der Waals surface area contributed by atoms with E-state index in [0.717, 1.165) is 6.92 Å². The van der Waals surface area contributed by atoms with Crippen LogP contribution < -0.4 is 5.32 Å². The minimum absolute atomic E-state index is 0.687. The van der Waals surface area contributed by atoms with E-state index in [9.17, 15) is 38.4 Å². The Balaban J connectivity index is 2.27. The average Bonchev–Trinajstić information content (AvgIpc) is 2.61. The quantitative estimate of drug-likeness (QED) is 0.179. The van der Waals surface area contributed by atoms with Gasteiger partial charge in [0.2, 0.25) is 18.0 Å². The van der Waals surface area contributed by atoms with E-state index >= 15 is 0 Å². The van der Waals surface area contributed by atoms with Crippen LogP contribution in [-0.4, -0.2) is 106 Å². The number of aliphatic hydroxyl groups excluding tert-OH is 4. The highest BCUT2D eigenvalue weighted by Crippen LogP contribution is 2.28. The number of hydrogen-bond donors (Lipinski definition) is 7. The van der Waals surface area contributed by atoms with Crippen LogP contribution in [-0.2, 0) is 38.4 Å². The monoisotopic (exact) mass is 459 g/mol. The van der Waals surface area contributed by atoms with Gasteiger partial charge in [-0.15, -0.1) is 0 Å². The first-order valence-electron chi connectivity index (χ1n) is 8.34. The number of amides is 1. The van der Waals surface area contributed by atoms with E-state index in [2.05, 4.69) is 9.50 Å². The fourth-order valence-electron chi connectivity index (χ4n) is 2.81. The summed E-state index contributed by atoms with van der Waals surface area (Å²) in [7, 11) is -4.96. The lowest BCUT2D eigenvalue weighted by Crippen LogP contribution is -2.66. The van der Waals surface area contributed by atoms with E-state index in [1.54, 1.807) is 0 Å². The molecular formula is C14H21NO14S. The molecule has 2 unspecified atom stereocenters. The number of carbonyl (C=O) groups excluding carboxylic acids is 1. The summed E-state index contributed by atoms with van der Waals surface area (Å²) >= 11 is 0. The molecule has 172 valence electrons. The molecule has 2 aliphatic heterocycles. The van der Waals surface area contributed by atoms with Crippen LogP contribution in [0.15, 0.2) is 11.8 Å². The van der Waals surface area contributed by atoms with Crippen LogP contribution in [0.2, 0.25) is 0 Å². The first-order chi connectivity index (χ1) is 13.8. The molecule has 0 radical (unpaired) electrons. The standard InChI is InChI=1S/C14H21NO14S/c1-4(16)15-8-10(19)11(7(27-13(8)22)3-26-30(23,24)25)29-14-9(18)5(17)2-6(28-14)12(20)21/h2,5,7-11,13-14,17-19,22H,3H2,1H3,(H,15,16)(H,20,21)(H,23,24,25)/t5-,7+,8+,9+,10+,11?,13?,14-/m0/s1. The van der Waals surface area contributed by atoms with Gasteiger partial charge in [-0.3, -0.25) is 9.35 Å². The third kappa shape index (κ3) is 6.06. The molecule has 2 aliphatic rings. The van der Waals surface area contributed by atoms with Gasteiger partial charge in [0.1, 0.15) is 36.6 Å². The van der Waals surface area contributed by atoms with Crippen LogP contribution in [0.4, 0.5) is 0 Å². The van der Waals surface area contributed by atoms with Gasteiger partial charge in [0, 0.05) is 6.92 Å². The maximum atomic E-state index is 11.3. The highest BCUT2D eigenvalue weighted by molar-refractivity contribution is 7.80. The molecule has 1 saturated heterocycles. The number of nitrogens with one attached hydrogen (secondary N) is 1. The predicted octanol–water partition coefficient (Wildman–Crippen LogP) is -4.18. The van der Waals surface area contributed by atoms with Gasteiger partial charge in [-0.05, 0) is 6.08 Å². The predicted molar refractivity (Wildman–Crippen MR) is 89.5 cm³/mol. The van der Waals surface area contributed by atoms with Crippen LogP contribution in [0.3, 0.4) is 0 Å². The zero-order chi connectivity index (χ0) is 22.8. The van der Waals surface area contributed by atoms with Gasteiger partial charge in [-0.1, -0.05) is 0 Å². The van der Waals surface area contributed by atoms with E-state index in [4.69, 9.17) is 23.9 Å². The van der Waals surface area contributed by atoms with Gasteiger partial charge in [0.15, 0.2) is 6.29 Å². The number of rotatable bonds is 7. The molecule has 2 rings (SSSR count). The Morgan fingerprint density at radius 3 is 2.37 bits per heavy atom. The van der Waals surface area contributed by atoms with Crippen molar-refractivity contribution in [2.75, 3.05) is 6.61 Å². The van der Waals surface area contributed by atoms with E-state index in [1.165, 1.54) is 0 Å². The SMILES string of the molecule is CC(=O)N[C@H]1C(O)O[C@H](COS(=O)(=O)O)C(O[C@@H]2OC(C(=O)O)=C[C@H](O)[C@H]2O)[C@@H]1O. The lowest BCUT2D eigenvalue weighted by atomic mass is 9.96. The molecule has 2 heterocycles. The van der Waals surface area contributed by atoms with Crippen LogP contribution in [0.25, 0.3) is 0 Å². The highest BCUT2D eigenvalue weighted by Gasteiger charge is 2.49. The van der Waals surface area contributed by atoms with Crippen LogP contribution in [0.5, 0.6) is 0 Å². The molecule has 0 aromatic heterocycles. The average molecular weight is 459 g/mol. The molecule has 30 heavy (non-hydrogen) atoms. The van der Waals surface area contributed by atoms with Crippen molar-refractivity contribution in [3.05, 3.63) is 11.8 Å². The fourth-order valence-corrected chi connectivity index (χ4v) is 3.12. The highest BCUT2D eigenvalue weighted by atomic mass is 32.3. The Kier molecular flexibility index (Phi) is 7.72. The van der Waals surface area contributed by atoms with E-state index in [1.807, 2.05) is 0 Å². The third-order valence-corrected chi connectivity index (χ3v) is 4.57. The van der Waals surface area contributed by atoms with Gasteiger partial charge in [-0.25, -0.2) is 8.98 Å². The summed E-state index contributed by atoms with van der Waals surface area (Å²) in [6.45, 7) is 0.0779. The number of ether oxygens (including phenoxy) is 3. The Hall–Kier alpha value is -1.89. The molecule has 0 saturated carbocycles. The number of carboxylic acids is 1. The summed E-state index contributed by atoms with van der Waals surface area (Å²) in [6, 6.07) is -1.49. The molecule has 1 amide bonds. The molecule has 0 aliphatic carbocycles. The van der Waals surface area contributed by atoms with Gasteiger partial charge in [0.05, 0.1) is 6.61 Å². The second-order valence-electron chi connectivity index (χ2n) is 6.40. The van der Waals surface area contributed by atoms with Gasteiger partial charge in [0.25, 0.3) is 0 Å². The lowest BCUT2D eigenvalue weighted by molar-refractivity contribution is -0.306. The number of aliphatic hydroxyl groups is 4. The molecule has 1 fully saturated rings. The summed E-state index contributed by atoms with van der Waals surface area (Å²) in [6.07, 6.45) is -11.8. The molecule has 8 atom stereocenters.